The van der Waals surface area contributed by atoms with E-state index in [0.717, 1.165) is 32.2 Å². The number of nitrogens with one attached hydrogen (secondary N) is 1. The van der Waals surface area contributed by atoms with Gasteiger partial charge in [-0.1, -0.05) is 42.5 Å². The number of hydrogen-bond acceptors (Lipinski definition) is 3. The van der Waals surface area contributed by atoms with E-state index in [9.17, 15) is 5.11 Å². The van der Waals surface area contributed by atoms with Crippen LogP contribution in [0.2, 0.25) is 0 Å². The van der Waals surface area contributed by atoms with Crippen LogP contribution in [0.25, 0.3) is 10.8 Å². The van der Waals surface area contributed by atoms with Crippen molar-refractivity contribution in [3.63, 3.8) is 0 Å². The minimum atomic E-state index is 0.258. The highest BCUT2D eigenvalue weighted by atomic mass is 79.9. The first kappa shape index (κ1) is 14.6. The molecule has 0 unspecified atom stereocenters. The molecule has 0 fully saturated rings. The van der Waals surface area contributed by atoms with Gasteiger partial charge in [-0.25, -0.2) is 0 Å². The van der Waals surface area contributed by atoms with Crippen molar-refractivity contribution in [1.82, 2.24) is 0 Å². The summed E-state index contributed by atoms with van der Waals surface area (Å²) in [4.78, 5) is 0. The Morgan fingerprint density at radius 3 is 2.55 bits per heavy atom. The van der Waals surface area contributed by atoms with E-state index in [0.29, 0.717) is 0 Å². The van der Waals surface area contributed by atoms with Gasteiger partial charge in [-0.05, 0) is 46.4 Å². The zero-order valence-electron chi connectivity index (χ0n) is 12.0. The van der Waals surface area contributed by atoms with Gasteiger partial charge in [0.1, 0.15) is 5.75 Å². The molecular weight excluding hydrogens is 340 g/mol. The van der Waals surface area contributed by atoms with Crippen LogP contribution in [-0.4, -0.2) is 10.8 Å². The van der Waals surface area contributed by atoms with Crippen LogP contribution < -0.4 is 5.43 Å². The van der Waals surface area contributed by atoms with Gasteiger partial charge >= 0.3 is 0 Å². The van der Waals surface area contributed by atoms with Crippen LogP contribution in [0.1, 0.15) is 12.5 Å². The Bertz CT molecular complexity index is 859. The number of nitrogens with zero attached hydrogens (tertiary/aromatic N) is 1. The number of rotatable bonds is 3. The Morgan fingerprint density at radius 1 is 1.00 bits per heavy atom. The van der Waals surface area contributed by atoms with Gasteiger partial charge < -0.3 is 5.11 Å². The Morgan fingerprint density at radius 2 is 1.73 bits per heavy atom. The fraction of sp³-hybridized carbons (Fsp3) is 0.0556. The molecule has 0 amide bonds. The number of phenols is 1. The van der Waals surface area contributed by atoms with Gasteiger partial charge in [-0.3, -0.25) is 5.43 Å². The van der Waals surface area contributed by atoms with Crippen molar-refractivity contribution in [2.75, 3.05) is 5.43 Å². The average Bonchev–Trinajstić information content (AvgIpc) is 2.54. The van der Waals surface area contributed by atoms with Crippen LogP contribution in [0.5, 0.6) is 5.75 Å². The molecule has 22 heavy (non-hydrogen) atoms. The summed E-state index contributed by atoms with van der Waals surface area (Å²) in [5, 5.41) is 16.7. The highest BCUT2D eigenvalue weighted by molar-refractivity contribution is 9.10. The quantitative estimate of drug-likeness (QED) is 0.504. The third-order valence-electron chi connectivity index (χ3n) is 3.51. The Hall–Kier alpha value is -2.33. The molecule has 110 valence electrons. The van der Waals surface area contributed by atoms with Gasteiger partial charge in [0, 0.05) is 15.4 Å². The van der Waals surface area contributed by atoms with E-state index >= 15 is 0 Å². The highest BCUT2D eigenvalue weighted by Gasteiger charge is 2.08. The molecule has 0 radical (unpaired) electrons. The minimum absolute atomic E-state index is 0.258. The van der Waals surface area contributed by atoms with Gasteiger partial charge in [0.25, 0.3) is 0 Å². The Kier molecular flexibility index (Phi) is 4.11. The van der Waals surface area contributed by atoms with Crippen molar-refractivity contribution < 1.29 is 5.11 Å². The van der Waals surface area contributed by atoms with Crippen molar-refractivity contribution in [3.8, 4) is 5.75 Å². The van der Waals surface area contributed by atoms with Gasteiger partial charge in [-0.15, -0.1) is 0 Å². The van der Waals surface area contributed by atoms with Gasteiger partial charge in [0.15, 0.2) is 0 Å². The second-order valence-corrected chi connectivity index (χ2v) is 5.83. The molecule has 4 heteroatoms. The second kappa shape index (κ2) is 6.20. The van der Waals surface area contributed by atoms with Crippen molar-refractivity contribution in [2.45, 2.75) is 6.92 Å². The fourth-order valence-electron chi connectivity index (χ4n) is 2.30. The predicted octanol–water partition coefficient (Wildman–Crippen LogP) is 5.14. The molecule has 3 aromatic carbocycles. The van der Waals surface area contributed by atoms with Crippen LogP contribution in [0.4, 0.5) is 5.69 Å². The van der Waals surface area contributed by atoms with Crippen LogP contribution in [-0.2, 0) is 0 Å². The number of benzene rings is 3. The molecule has 0 heterocycles. The monoisotopic (exact) mass is 354 g/mol. The zero-order chi connectivity index (χ0) is 15.5. The highest BCUT2D eigenvalue weighted by Crippen LogP contribution is 2.29. The summed E-state index contributed by atoms with van der Waals surface area (Å²) in [6.07, 6.45) is 0. The number of fused-ring (bicyclic) bond motifs is 1. The van der Waals surface area contributed by atoms with E-state index in [1.165, 1.54) is 0 Å². The largest absolute Gasteiger partial charge is 0.507 e. The average molecular weight is 355 g/mol. The molecule has 0 aliphatic heterocycles. The lowest BCUT2D eigenvalue weighted by Gasteiger charge is -2.09. The van der Waals surface area contributed by atoms with Crippen molar-refractivity contribution in [2.24, 2.45) is 5.10 Å². The molecule has 0 aliphatic carbocycles. The first-order valence-electron chi connectivity index (χ1n) is 6.93. The van der Waals surface area contributed by atoms with E-state index in [2.05, 4.69) is 26.5 Å². The molecule has 0 bridgehead atoms. The summed E-state index contributed by atoms with van der Waals surface area (Å²) in [5.74, 6) is 0.258. The normalized spacial score (nSPS) is 11.6. The maximum Gasteiger partial charge on any atom is 0.132 e. The van der Waals surface area contributed by atoms with E-state index < -0.39 is 0 Å². The summed E-state index contributed by atoms with van der Waals surface area (Å²) < 4.78 is 0.939. The summed E-state index contributed by atoms with van der Waals surface area (Å²) >= 11 is 3.47. The Labute approximate surface area is 137 Å². The first-order chi connectivity index (χ1) is 10.7. The topological polar surface area (TPSA) is 44.6 Å². The minimum Gasteiger partial charge on any atom is -0.507 e. The van der Waals surface area contributed by atoms with E-state index in [-0.39, 0.29) is 5.75 Å². The van der Waals surface area contributed by atoms with E-state index in [1.54, 1.807) is 0 Å². The number of phenolic OH excluding ortho intramolecular Hbond substituents is 1. The molecule has 2 N–H and O–H groups in total. The number of anilines is 1. The standard InChI is InChI=1S/C18H15BrN2O/c1-12(20-21-17-9-5-4-8-16(17)19)14-11-10-13-6-2-3-7-15(13)18(14)22/h2-11,21-22H,1H3/b20-12+. The molecule has 0 atom stereocenters. The molecule has 0 aromatic heterocycles. The molecule has 0 aliphatic rings. The molecule has 0 saturated heterocycles. The van der Waals surface area contributed by atoms with Gasteiger partial charge in [0.2, 0.25) is 0 Å². The Balaban J connectivity index is 1.95. The number of para-hydroxylation sites is 1. The van der Waals surface area contributed by atoms with Gasteiger partial charge in [0.05, 0.1) is 11.4 Å². The summed E-state index contributed by atoms with van der Waals surface area (Å²) in [7, 11) is 0. The summed E-state index contributed by atoms with van der Waals surface area (Å²) in [5.41, 5.74) is 5.34. The molecule has 0 saturated carbocycles. The SMILES string of the molecule is C/C(=N\Nc1ccccc1Br)c1ccc2ccccc2c1O. The molecule has 3 rings (SSSR count). The van der Waals surface area contributed by atoms with Crippen molar-refractivity contribution >= 4 is 38.1 Å². The van der Waals surface area contributed by atoms with Crippen LogP contribution in [0.15, 0.2) is 70.2 Å². The maximum absolute atomic E-state index is 10.5. The second-order valence-electron chi connectivity index (χ2n) is 4.97. The molecule has 3 aromatic rings. The van der Waals surface area contributed by atoms with Crippen LogP contribution in [0.3, 0.4) is 0 Å². The number of aromatic hydroxyl groups is 1. The lowest BCUT2D eigenvalue weighted by molar-refractivity contribution is 0.480. The fourth-order valence-corrected chi connectivity index (χ4v) is 2.68. The van der Waals surface area contributed by atoms with E-state index in [1.807, 2.05) is 67.6 Å². The third kappa shape index (κ3) is 2.83. The van der Waals surface area contributed by atoms with Crippen LogP contribution in [0, 0.1) is 0 Å². The molecule has 0 spiro atoms. The zero-order valence-corrected chi connectivity index (χ0v) is 13.6. The predicted molar refractivity (Wildman–Crippen MR) is 95.6 cm³/mol. The number of halogens is 1. The smallest absolute Gasteiger partial charge is 0.132 e. The summed E-state index contributed by atoms with van der Waals surface area (Å²) in [6.45, 7) is 1.87. The lowest BCUT2D eigenvalue weighted by Crippen LogP contribution is -2.00. The van der Waals surface area contributed by atoms with E-state index in [4.69, 9.17) is 0 Å². The third-order valence-corrected chi connectivity index (χ3v) is 4.20. The maximum atomic E-state index is 10.5. The van der Waals surface area contributed by atoms with Gasteiger partial charge in [-0.2, -0.15) is 5.10 Å². The molecule has 3 nitrogen and oxygen atoms in total. The van der Waals surface area contributed by atoms with Crippen LogP contribution >= 0.6 is 15.9 Å². The number of hydrogen-bond donors (Lipinski definition) is 2. The van der Waals surface area contributed by atoms with Crippen molar-refractivity contribution in [1.29, 1.82) is 0 Å². The number of hydrazone groups is 1. The van der Waals surface area contributed by atoms with Crippen molar-refractivity contribution in [3.05, 3.63) is 70.7 Å². The molecular formula is C18H15BrN2O. The summed E-state index contributed by atoms with van der Waals surface area (Å²) in [6, 6.07) is 19.4. The lowest BCUT2D eigenvalue weighted by atomic mass is 10.0. The first-order valence-corrected chi connectivity index (χ1v) is 7.72.